The summed E-state index contributed by atoms with van der Waals surface area (Å²) in [5, 5.41) is 17.8. The Balaban J connectivity index is 2.74. The first-order valence-electron chi connectivity index (χ1n) is 5.73. The lowest BCUT2D eigenvalue weighted by Gasteiger charge is -2.31. The van der Waals surface area contributed by atoms with Crippen LogP contribution >= 0.6 is 0 Å². The molecule has 0 aromatic carbocycles. The van der Waals surface area contributed by atoms with E-state index in [-0.39, 0.29) is 12.8 Å². The summed E-state index contributed by atoms with van der Waals surface area (Å²) < 4.78 is 0. The molecule has 98 valence electrons. The molecule has 5 N–H and O–H groups in total. The van der Waals surface area contributed by atoms with Gasteiger partial charge in [-0.25, -0.2) is 10.9 Å². The summed E-state index contributed by atoms with van der Waals surface area (Å²) in [7, 11) is 0. The fourth-order valence-corrected chi connectivity index (χ4v) is 2.06. The summed E-state index contributed by atoms with van der Waals surface area (Å²) in [4.78, 5) is 21.7. The van der Waals surface area contributed by atoms with Gasteiger partial charge in [-0.3, -0.25) is 9.59 Å². The lowest BCUT2D eigenvalue weighted by molar-refractivity contribution is -0.142. The summed E-state index contributed by atoms with van der Waals surface area (Å²) in [6, 6.07) is 0. The van der Waals surface area contributed by atoms with Crippen molar-refractivity contribution in [3.8, 4) is 0 Å². The van der Waals surface area contributed by atoms with E-state index in [9.17, 15) is 9.59 Å². The normalized spacial score (nSPS) is 20.9. The molecule has 0 spiro atoms. The summed E-state index contributed by atoms with van der Waals surface area (Å²) >= 11 is 0. The molecule has 17 heavy (non-hydrogen) atoms. The van der Waals surface area contributed by atoms with Crippen molar-refractivity contribution in [3.05, 3.63) is 0 Å². The minimum Gasteiger partial charge on any atom is -0.481 e. The Morgan fingerprint density at radius 1 is 1.06 bits per heavy atom. The van der Waals surface area contributed by atoms with E-state index in [1.54, 1.807) is 0 Å². The Bertz CT molecular complexity index is 255. The minimum atomic E-state index is -1.00. The van der Waals surface area contributed by atoms with Crippen LogP contribution in [0.1, 0.15) is 38.5 Å². The zero-order valence-electron chi connectivity index (χ0n) is 9.66. The topological polar surface area (TPSA) is 111 Å². The third-order valence-electron chi connectivity index (χ3n) is 2.85. The minimum absolute atomic E-state index is 0.214. The summed E-state index contributed by atoms with van der Waals surface area (Å²) in [5.74, 6) is -2.00. The van der Waals surface area contributed by atoms with Crippen LogP contribution < -0.4 is 16.4 Å². The van der Waals surface area contributed by atoms with Crippen LogP contribution in [-0.2, 0) is 9.59 Å². The van der Waals surface area contributed by atoms with Crippen LogP contribution in [-0.4, -0.2) is 34.2 Å². The Hall–Kier alpha value is -1.18. The molecule has 1 fully saturated rings. The molecule has 1 heterocycles. The standard InChI is InChI=1S/C10H19N3O4/c14-8(15)6-10(7-9(16)17)4-2-1-3-5-11-13-12-10/h11-13H,1-7H2,(H,14,15)(H,16,17). The van der Waals surface area contributed by atoms with Crippen LogP contribution in [0.3, 0.4) is 0 Å². The third-order valence-corrected chi connectivity index (χ3v) is 2.85. The highest BCUT2D eigenvalue weighted by Gasteiger charge is 2.35. The number of carboxylic acid groups (broad SMARTS) is 2. The molecule has 0 saturated carbocycles. The van der Waals surface area contributed by atoms with Crippen molar-refractivity contribution < 1.29 is 19.8 Å². The monoisotopic (exact) mass is 245 g/mol. The molecule has 0 unspecified atom stereocenters. The van der Waals surface area contributed by atoms with Crippen LogP contribution in [0.5, 0.6) is 0 Å². The van der Waals surface area contributed by atoms with Gasteiger partial charge in [-0.1, -0.05) is 12.8 Å². The van der Waals surface area contributed by atoms with Gasteiger partial charge in [-0.15, -0.1) is 0 Å². The quantitative estimate of drug-likeness (QED) is 0.468. The molecular weight excluding hydrogens is 226 g/mol. The van der Waals surface area contributed by atoms with Crippen molar-refractivity contribution >= 4 is 11.9 Å². The highest BCUT2D eigenvalue weighted by atomic mass is 16.4. The van der Waals surface area contributed by atoms with Gasteiger partial charge in [-0.2, -0.15) is 5.53 Å². The van der Waals surface area contributed by atoms with Crippen LogP contribution in [0.25, 0.3) is 0 Å². The smallest absolute Gasteiger partial charge is 0.305 e. The lowest BCUT2D eigenvalue weighted by Crippen LogP contribution is -2.58. The van der Waals surface area contributed by atoms with Crippen molar-refractivity contribution in [3.63, 3.8) is 0 Å². The van der Waals surface area contributed by atoms with E-state index in [1.165, 1.54) is 0 Å². The number of hydrogen-bond acceptors (Lipinski definition) is 5. The molecule has 7 nitrogen and oxygen atoms in total. The SMILES string of the molecule is O=C(O)CC1(CC(=O)O)CCCCCNNN1. The van der Waals surface area contributed by atoms with E-state index in [4.69, 9.17) is 10.2 Å². The summed E-state index contributed by atoms with van der Waals surface area (Å²) in [6.07, 6.45) is 2.85. The average Bonchev–Trinajstić information content (AvgIpc) is 2.28. The second kappa shape index (κ2) is 6.53. The second-order valence-corrected chi connectivity index (χ2v) is 4.41. The number of hydrazine groups is 2. The van der Waals surface area contributed by atoms with Gasteiger partial charge in [0.15, 0.2) is 0 Å². The molecule has 0 bridgehead atoms. The van der Waals surface area contributed by atoms with Crippen molar-refractivity contribution in [2.45, 2.75) is 44.1 Å². The van der Waals surface area contributed by atoms with Crippen molar-refractivity contribution in [1.29, 1.82) is 0 Å². The molecule has 1 aliphatic heterocycles. The number of nitrogens with one attached hydrogen (secondary N) is 3. The molecule has 0 aromatic heterocycles. The molecule has 0 aromatic rings. The third kappa shape index (κ3) is 5.12. The zero-order valence-corrected chi connectivity index (χ0v) is 9.66. The molecule has 0 atom stereocenters. The number of rotatable bonds is 4. The van der Waals surface area contributed by atoms with Gasteiger partial charge in [0.05, 0.1) is 18.4 Å². The average molecular weight is 245 g/mol. The molecule has 0 radical (unpaired) electrons. The van der Waals surface area contributed by atoms with Crippen molar-refractivity contribution in [2.75, 3.05) is 6.54 Å². The van der Waals surface area contributed by atoms with E-state index in [0.29, 0.717) is 6.42 Å². The predicted molar refractivity (Wildman–Crippen MR) is 60.0 cm³/mol. The Labute approximate surface area is 99.5 Å². The molecular formula is C10H19N3O4. The van der Waals surface area contributed by atoms with Crippen LogP contribution in [0.2, 0.25) is 0 Å². The number of aliphatic carboxylic acids is 2. The van der Waals surface area contributed by atoms with Crippen molar-refractivity contribution in [1.82, 2.24) is 16.4 Å². The fourth-order valence-electron chi connectivity index (χ4n) is 2.06. The first-order chi connectivity index (χ1) is 8.04. The fraction of sp³-hybridized carbons (Fsp3) is 0.800. The van der Waals surface area contributed by atoms with E-state index in [1.807, 2.05) is 0 Å². The Kier molecular flexibility index (Phi) is 5.33. The molecule has 7 heteroatoms. The van der Waals surface area contributed by atoms with E-state index in [0.717, 1.165) is 25.8 Å². The lowest BCUT2D eigenvalue weighted by atomic mass is 9.86. The number of carboxylic acids is 2. The van der Waals surface area contributed by atoms with Gasteiger partial charge in [0.2, 0.25) is 0 Å². The predicted octanol–water partition coefficient (Wildman–Crippen LogP) is -0.153. The van der Waals surface area contributed by atoms with E-state index in [2.05, 4.69) is 16.4 Å². The second-order valence-electron chi connectivity index (χ2n) is 4.41. The van der Waals surface area contributed by atoms with Gasteiger partial charge >= 0.3 is 11.9 Å². The van der Waals surface area contributed by atoms with Gasteiger partial charge < -0.3 is 10.2 Å². The molecule has 1 aliphatic rings. The maximum atomic E-state index is 10.9. The van der Waals surface area contributed by atoms with Gasteiger partial charge in [0.1, 0.15) is 0 Å². The first-order valence-corrected chi connectivity index (χ1v) is 5.73. The molecule has 1 saturated heterocycles. The Morgan fingerprint density at radius 3 is 2.29 bits per heavy atom. The Morgan fingerprint density at radius 2 is 1.71 bits per heavy atom. The zero-order chi connectivity index (χ0) is 12.7. The highest BCUT2D eigenvalue weighted by molar-refractivity contribution is 5.73. The first kappa shape index (κ1) is 13.9. The van der Waals surface area contributed by atoms with Gasteiger partial charge in [0.25, 0.3) is 0 Å². The summed E-state index contributed by atoms with van der Waals surface area (Å²) in [6.45, 7) is 0.767. The van der Waals surface area contributed by atoms with Crippen LogP contribution in [0, 0.1) is 0 Å². The molecule has 0 aliphatic carbocycles. The van der Waals surface area contributed by atoms with E-state index >= 15 is 0 Å². The molecule has 0 amide bonds. The molecule has 1 rings (SSSR count). The number of hydrogen-bond donors (Lipinski definition) is 5. The van der Waals surface area contributed by atoms with Crippen molar-refractivity contribution in [2.24, 2.45) is 0 Å². The van der Waals surface area contributed by atoms with Gasteiger partial charge in [0, 0.05) is 6.54 Å². The van der Waals surface area contributed by atoms with Crippen LogP contribution in [0.15, 0.2) is 0 Å². The van der Waals surface area contributed by atoms with Crippen LogP contribution in [0.4, 0.5) is 0 Å². The number of carbonyl (C=O) groups is 2. The summed E-state index contributed by atoms with van der Waals surface area (Å²) in [5.41, 5.74) is 7.46. The van der Waals surface area contributed by atoms with E-state index < -0.39 is 17.5 Å². The maximum absolute atomic E-state index is 10.9. The maximum Gasteiger partial charge on any atom is 0.305 e. The highest BCUT2D eigenvalue weighted by Crippen LogP contribution is 2.23. The largest absolute Gasteiger partial charge is 0.481 e. The van der Waals surface area contributed by atoms with Gasteiger partial charge in [-0.05, 0) is 12.8 Å².